The predicted molar refractivity (Wildman–Crippen MR) is 83.2 cm³/mol. The van der Waals surface area contributed by atoms with E-state index < -0.39 is 6.10 Å². The lowest BCUT2D eigenvalue weighted by Crippen LogP contribution is -1.97. The lowest BCUT2D eigenvalue weighted by Gasteiger charge is -2.10. The summed E-state index contributed by atoms with van der Waals surface area (Å²) in [7, 11) is 0. The molecule has 2 aromatic rings. The van der Waals surface area contributed by atoms with Gasteiger partial charge in [-0.05, 0) is 42.8 Å². The average molecular weight is 302 g/mol. The predicted octanol–water partition coefficient (Wildman–Crippen LogP) is 4.05. The van der Waals surface area contributed by atoms with Crippen LogP contribution in [0.2, 0.25) is 0 Å². The summed E-state index contributed by atoms with van der Waals surface area (Å²) in [5.74, 6) is 1.64. The molecule has 0 fully saturated rings. The van der Waals surface area contributed by atoms with Crippen LogP contribution in [0, 0.1) is 0 Å². The summed E-state index contributed by atoms with van der Waals surface area (Å²) < 4.78 is 11.3. The quantitative estimate of drug-likeness (QED) is 0.928. The van der Waals surface area contributed by atoms with Crippen LogP contribution in [0.3, 0.4) is 0 Å². The maximum absolute atomic E-state index is 9.53. The van der Waals surface area contributed by atoms with Crippen molar-refractivity contribution in [2.24, 2.45) is 0 Å². The van der Waals surface area contributed by atoms with Gasteiger partial charge in [-0.3, -0.25) is 0 Å². The van der Waals surface area contributed by atoms with Gasteiger partial charge in [-0.1, -0.05) is 23.9 Å². The first-order chi connectivity index (χ1) is 10.2. The zero-order valence-corrected chi connectivity index (χ0v) is 12.7. The van der Waals surface area contributed by atoms with Crippen molar-refractivity contribution in [1.82, 2.24) is 0 Å². The second-order valence-electron chi connectivity index (χ2n) is 5.01. The molecular formula is C17H18O3S. The summed E-state index contributed by atoms with van der Waals surface area (Å²) in [4.78, 5) is 2.25. The van der Waals surface area contributed by atoms with Gasteiger partial charge in [0.15, 0.2) is 11.5 Å². The summed E-state index contributed by atoms with van der Waals surface area (Å²) >= 11 is 1.67. The molecule has 110 valence electrons. The Bertz CT molecular complexity index is 608. The Hall–Kier alpha value is -1.65. The molecule has 0 amide bonds. The fraction of sp³-hybridized carbons (Fsp3) is 0.294. The van der Waals surface area contributed by atoms with Crippen molar-refractivity contribution in [3.05, 3.63) is 48.0 Å². The van der Waals surface area contributed by atoms with Gasteiger partial charge in [-0.25, -0.2) is 0 Å². The van der Waals surface area contributed by atoms with E-state index >= 15 is 0 Å². The first kappa shape index (κ1) is 14.3. The fourth-order valence-electron chi connectivity index (χ4n) is 2.16. The molecule has 21 heavy (non-hydrogen) atoms. The van der Waals surface area contributed by atoms with Gasteiger partial charge in [0, 0.05) is 16.2 Å². The van der Waals surface area contributed by atoms with E-state index in [1.54, 1.807) is 18.7 Å². The number of ether oxygens (including phenoxy) is 2. The van der Waals surface area contributed by atoms with Gasteiger partial charge < -0.3 is 14.6 Å². The number of aliphatic hydroxyl groups is 1. The number of fused-ring (bicyclic) bond motifs is 1. The normalized spacial score (nSPS) is 15.3. The zero-order valence-electron chi connectivity index (χ0n) is 11.9. The standard InChI is InChI=1S/C17H18O3S/c1-12(18)13-3-5-14(6-4-13)21-15-7-8-16-17(11-15)20-10-2-9-19-16/h3-8,11-12,18H,2,9-10H2,1H3. The minimum Gasteiger partial charge on any atom is -0.490 e. The molecule has 2 aromatic carbocycles. The third-order valence-corrected chi connectivity index (χ3v) is 4.31. The molecule has 1 aliphatic heterocycles. The molecule has 0 saturated heterocycles. The van der Waals surface area contributed by atoms with E-state index in [1.165, 1.54) is 0 Å². The average Bonchev–Trinajstić information content (AvgIpc) is 2.72. The maximum Gasteiger partial charge on any atom is 0.162 e. The molecule has 1 unspecified atom stereocenters. The summed E-state index contributed by atoms with van der Waals surface area (Å²) in [6.07, 6.45) is 0.486. The van der Waals surface area contributed by atoms with Crippen molar-refractivity contribution in [3.8, 4) is 11.5 Å². The highest BCUT2D eigenvalue weighted by Crippen LogP contribution is 2.36. The Balaban J connectivity index is 1.77. The third kappa shape index (κ3) is 3.52. The van der Waals surface area contributed by atoms with Crippen LogP contribution in [0.15, 0.2) is 52.3 Å². The number of benzene rings is 2. The highest BCUT2D eigenvalue weighted by atomic mass is 32.2. The molecule has 0 bridgehead atoms. The molecule has 1 atom stereocenters. The fourth-order valence-corrected chi connectivity index (χ4v) is 3.00. The van der Waals surface area contributed by atoms with Crippen LogP contribution < -0.4 is 9.47 Å². The van der Waals surface area contributed by atoms with Crippen molar-refractivity contribution in [2.45, 2.75) is 29.2 Å². The highest BCUT2D eigenvalue weighted by Gasteiger charge is 2.11. The monoisotopic (exact) mass is 302 g/mol. The van der Waals surface area contributed by atoms with Crippen molar-refractivity contribution in [3.63, 3.8) is 0 Å². The van der Waals surface area contributed by atoms with Crippen molar-refractivity contribution >= 4 is 11.8 Å². The number of hydrogen-bond donors (Lipinski definition) is 1. The van der Waals surface area contributed by atoms with Crippen LogP contribution in [-0.4, -0.2) is 18.3 Å². The van der Waals surface area contributed by atoms with Crippen LogP contribution in [-0.2, 0) is 0 Å². The molecule has 1 heterocycles. The van der Waals surface area contributed by atoms with E-state index in [0.29, 0.717) is 13.2 Å². The third-order valence-electron chi connectivity index (χ3n) is 3.32. The van der Waals surface area contributed by atoms with Gasteiger partial charge in [0.1, 0.15) is 0 Å². The number of hydrogen-bond acceptors (Lipinski definition) is 4. The van der Waals surface area contributed by atoms with Gasteiger partial charge in [0.2, 0.25) is 0 Å². The molecule has 3 nitrogen and oxygen atoms in total. The van der Waals surface area contributed by atoms with Crippen LogP contribution in [0.1, 0.15) is 25.0 Å². The van der Waals surface area contributed by atoms with E-state index in [0.717, 1.165) is 33.3 Å². The maximum atomic E-state index is 9.53. The molecule has 0 aliphatic carbocycles. The Morgan fingerprint density at radius 2 is 1.62 bits per heavy atom. The second kappa shape index (κ2) is 6.41. The lowest BCUT2D eigenvalue weighted by molar-refractivity contribution is 0.199. The zero-order chi connectivity index (χ0) is 14.7. The molecule has 0 saturated carbocycles. The first-order valence-electron chi connectivity index (χ1n) is 7.08. The summed E-state index contributed by atoms with van der Waals surface area (Å²) in [6, 6.07) is 14.0. The lowest BCUT2D eigenvalue weighted by atomic mass is 10.1. The van der Waals surface area contributed by atoms with E-state index in [-0.39, 0.29) is 0 Å². The molecule has 4 heteroatoms. The molecule has 0 radical (unpaired) electrons. The Labute approximate surface area is 128 Å². The van der Waals surface area contributed by atoms with E-state index in [1.807, 2.05) is 42.5 Å². The highest BCUT2D eigenvalue weighted by molar-refractivity contribution is 7.99. The van der Waals surface area contributed by atoms with Gasteiger partial charge in [0.25, 0.3) is 0 Å². The molecular weight excluding hydrogens is 284 g/mol. The second-order valence-corrected chi connectivity index (χ2v) is 6.15. The van der Waals surface area contributed by atoms with Crippen LogP contribution in [0.4, 0.5) is 0 Å². The summed E-state index contributed by atoms with van der Waals surface area (Å²) in [5.41, 5.74) is 0.929. The number of rotatable bonds is 3. The Morgan fingerprint density at radius 1 is 0.952 bits per heavy atom. The van der Waals surface area contributed by atoms with Crippen LogP contribution >= 0.6 is 11.8 Å². The summed E-state index contributed by atoms with van der Waals surface area (Å²) in [5, 5.41) is 9.53. The minimum absolute atomic E-state index is 0.429. The van der Waals surface area contributed by atoms with Crippen molar-refractivity contribution in [2.75, 3.05) is 13.2 Å². The van der Waals surface area contributed by atoms with E-state index in [2.05, 4.69) is 0 Å². The van der Waals surface area contributed by atoms with Crippen molar-refractivity contribution < 1.29 is 14.6 Å². The van der Waals surface area contributed by atoms with Gasteiger partial charge in [-0.15, -0.1) is 0 Å². The van der Waals surface area contributed by atoms with Crippen LogP contribution in [0.5, 0.6) is 11.5 Å². The SMILES string of the molecule is CC(O)c1ccc(Sc2ccc3c(c2)OCCCO3)cc1. The van der Waals surface area contributed by atoms with Crippen molar-refractivity contribution in [1.29, 1.82) is 0 Å². The van der Waals surface area contributed by atoms with E-state index in [9.17, 15) is 5.11 Å². The molecule has 0 spiro atoms. The Morgan fingerprint density at radius 3 is 2.33 bits per heavy atom. The number of aliphatic hydroxyl groups excluding tert-OH is 1. The van der Waals surface area contributed by atoms with Gasteiger partial charge in [0.05, 0.1) is 19.3 Å². The Kier molecular flexibility index (Phi) is 4.36. The smallest absolute Gasteiger partial charge is 0.162 e. The van der Waals surface area contributed by atoms with Gasteiger partial charge in [-0.2, -0.15) is 0 Å². The molecule has 0 aromatic heterocycles. The minimum atomic E-state index is -0.429. The van der Waals surface area contributed by atoms with Gasteiger partial charge >= 0.3 is 0 Å². The first-order valence-corrected chi connectivity index (χ1v) is 7.89. The van der Waals surface area contributed by atoms with Crippen LogP contribution in [0.25, 0.3) is 0 Å². The topological polar surface area (TPSA) is 38.7 Å². The van der Waals surface area contributed by atoms with E-state index in [4.69, 9.17) is 9.47 Å². The molecule has 1 aliphatic rings. The molecule has 3 rings (SSSR count). The molecule has 1 N–H and O–H groups in total. The largest absolute Gasteiger partial charge is 0.490 e. The summed E-state index contributed by atoms with van der Waals surface area (Å²) in [6.45, 7) is 3.18.